The van der Waals surface area contributed by atoms with Gasteiger partial charge in [0.25, 0.3) is 0 Å². The average Bonchev–Trinajstić information content (AvgIpc) is 3.32. The van der Waals surface area contributed by atoms with E-state index < -0.39 is 0 Å². The zero-order valence-corrected chi connectivity index (χ0v) is 15.0. The number of hydrogen-bond donors (Lipinski definition) is 1. The monoisotopic (exact) mass is 364 g/mol. The van der Waals surface area contributed by atoms with E-state index in [1.807, 2.05) is 36.4 Å². The molecule has 0 saturated carbocycles. The van der Waals surface area contributed by atoms with E-state index in [2.05, 4.69) is 35.1 Å². The molecule has 3 aromatic rings. The Balaban J connectivity index is 1.38. The highest BCUT2D eigenvalue weighted by molar-refractivity contribution is 5.78. The van der Waals surface area contributed by atoms with Crippen LogP contribution in [0.15, 0.2) is 47.2 Å². The second-order valence-electron chi connectivity index (χ2n) is 6.58. The average molecular weight is 364 g/mol. The summed E-state index contributed by atoms with van der Waals surface area (Å²) in [5, 5.41) is 10.5. The van der Waals surface area contributed by atoms with E-state index in [1.165, 1.54) is 0 Å². The minimum Gasteiger partial charge on any atom is -0.351 e. The van der Waals surface area contributed by atoms with Crippen molar-refractivity contribution in [3.63, 3.8) is 0 Å². The summed E-state index contributed by atoms with van der Waals surface area (Å²) >= 11 is 0. The van der Waals surface area contributed by atoms with Gasteiger partial charge >= 0.3 is 0 Å². The van der Waals surface area contributed by atoms with Crippen molar-refractivity contribution in [2.45, 2.75) is 25.8 Å². The van der Waals surface area contributed by atoms with Crippen molar-refractivity contribution in [2.24, 2.45) is 0 Å². The van der Waals surface area contributed by atoms with Crippen LogP contribution in [0.2, 0.25) is 0 Å². The Kier molecular flexibility index (Phi) is 4.78. The first-order chi connectivity index (χ1) is 13.2. The Bertz CT molecular complexity index is 927. The Morgan fingerprint density at radius 3 is 2.89 bits per heavy atom. The van der Waals surface area contributed by atoms with E-state index in [-0.39, 0.29) is 18.4 Å². The first-order valence-corrected chi connectivity index (χ1v) is 8.90. The normalized spacial score (nSPS) is 16.5. The van der Waals surface area contributed by atoms with Gasteiger partial charge in [-0.25, -0.2) is 14.6 Å². The van der Waals surface area contributed by atoms with Gasteiger partial charge in [0.05, 0.1) is 12.1 Å². The van der Waals surface area contributed by atoms with E-state index in [4.69, 9.17) is 0 Å². The summed E-state index contributed by atoms with van der Waals surface area (Å²) in [5.74, 6) is 0.601. The number of rotatable bonds is 5. The van der Waals surface area contributed by atoms with E-state index in [0.717, 1.165) is 24.2 Å². The minimum absolute atomic E-state index is 0.0571. The molecule has 8 heteroatoms. The molecule has 0 radical (unpaired) electrons. The van der Waals surface area contributed by atoms with E-state index in [1.54, 1.807) is 13.1 Å². The van der Waals surface area contributed by atoms with Crippen molar-refractivity contribution < 1.29 is 9.42 Å². The fourth-order valence-corrected chi connectivity index (χ4v) is 3.17. The minimum atomic E-state index is -0.0837. The van der Waals surface area contributed by atoms with Crippen LogP contribution in [0, 0.1) is 6.92 Å². The lowest BCUT2D eigenvalue weighted by atomic mass is 10.1. The number of nitrogens with zero attached hydrogens (tertiary/aromatic N) is 5. The van der Waals surface area contributed by atoms with E-state index in [9.17, 15) is 4.79 Å². The van der Waals surface area contributed by atoms with Crippen molar-refractivity contribution in [1.29, 1.82) is 0 Å². The van der Waals surface area contributed by atoms with Crippen LogP contribution in [0.1, 0.15) is 17.8 Å². The van der Waals surface area contributed by atoms with Crippen molar-refractivity contribution in [1.82, 2.24) is 25.6 Å². The van der Waals surface area contributed by atoms with Gasteiger partial charge in [-0.15, -0.1) is 0 Å². The molecule has 1 aliphatic heterocycles. The van der Waals surface area contributed by atoms with Gasteiger partial charge in [0.15, 0.2) is 0 Å². The van der Waals surface area contributed by atoms with Gasteiger partial charge < -0.3 is 10.2 Å². The quantitative estimate of drug-likeness (QED) is 0.737. The molecular formula is C19H20N6O2. The highest BCUT2D eigenvalue weighted by Crippen LogP contribution is 2.21. The molecular weight excluding hydrogens is 344 g/mol. The van der Waals surface area contributed by atoms with Crippen LogP contribution < -0.4 is 10.2 Å². The van der Waals surface area contributed by atoms with Crippen LogP contribution >= 0.6 is 0 Å². The molecule has 8 nitrogen and oxygen atoms in total. The van der Waals surface area contributed by atoms with Crippen LogP contribution in [0.25, 0.3) is 11.3 Å². The second kappa shape index (κ2) is 7.53. The summed E-state index contributed by atoms with van der Waals surface area (Å²) in [6.07, 6.45) is 2.80. The van der Waals surface area contributed by atoms with Crippen LogP contribution in [0.4, 0.5) is 5.95 Å². The number of benzene rings is 1. The predicted octanol–water partition coefficient (Wildman–Crippen LogP) is 1.77. The number of aryl methyl sites for hydroxylation is 1. The first-order valence-electron chi connectivity index (χ1n) is 8.90. The molecule has 27 heavy (non-hydrogen) atoms. The summed E-state index contributed by atoms with van der Waals surface area (Å²) in [6.45, 7) is 3.25. The maximum Gasteiger partial charge on any atom is 0.226 e. The molecule has 1 N–H and O–H groups in total. The molecule has 4 rings (SSSR count). The maximum atomic E-state index is 12.2. The third-order valence-corrected chi connectivity index (χ3v) is 4.62. The molecule has 2 aromatic heterocycles. The summed E-state index contributed by atoms with van der Waals surface area (Å²) in [4.78, 5) is 23.4. The van der Waals surface area contributed by atoms with Gasteiger partial charge in [-0.3, -0.25) is 4.79 Å². The molecule has 1 aliphatic rings. The molecule has 1 atom stereocenters. The molecule has 1 unspecified atom stereocenters. The molecule has 1 amide bonds. The number of nitrogens with one attached hydrogen (secondary N) is 1. The summed E-state index contributed by atoms with van der Waals surface area (Å²) < 4.78 is 4.63. The fraction of sp³-hybridized carbons (Fsp3) is 0.316. The molecule has 138 valence electrons. The molecule has 0 bridgehead atoms. The van der Waals surface area contributed by atoms with Crippen LogP contribution in [0.3, 0.4) is 0 Å². The third-order valence-electron chi connectivity index (χ3n) is 4.62. The summed E-state index contributed by atoms with van der Waals surface area (Å²) in [5.41, 5.74) is 3.16. The van der Waals surface area contributed by atoms with Crippen molar-refractivity contribution >= 4 is 11.9 Å². The standard InChI is InChI=1S/C19H20N6O2/c1-13-17(24-27-23-13)11-18(26)21-15-8-10-25(12-15)19-20-9-7-16(22-19)14-5-3-2-4-6-14/h2-7,9,15H,8,10-12H2,1H3,(H,21,26). The van der Waals surface area contributed by atoms with Crippen LogP contribution in [-0.4, -0.2) is 45.3 Å². The number of carbonyl (C=O) groups is 1. The molecule has 1 saturated heterocycles. The first kappa shape index (κ1) is 17.1. The van der Waals surface area contributed by atoms with Crippen molar-refractivity contribution in [3.05, 3.63) is 54.0 Å². The predicted molar refractivity (Wildman–Crippen MR) is 99.0 cm³/mol. The van der Waals surface area contributed by atoms with Crippen molar-refractivity contribution in [2.75, 3.05) is 18.0 Å². The highest BCUT2D eigenvalue weighted by atomic mass is 16.6. The summed E-state index contributed by atoms with van der Waals surface area (Å²) in [6, 6.07) is 12.0. The molecule has 0 aliphatic carbocycles. The lowest BCUT2D eigenvalue weighted by molar-refractivity contribution is -0.121. The molecule has 1 aromatic carbocycles. The third kappa shape index (κ3) is 3.94. The Morgan fingerprint density at radius 1 is 1.26 bits per heavy atom. The topological polar surface area (TPSA) is 97.0 Å². The zero-order chi connectivity index (χ0) is 18.6. The summed E-state index contributed by atoms with van der Waals surface area (Å²) in [7, 11) is 0. The molecule has 3 heterocycles. The Morgan fingerprint density at radius 2 is 2.11 bits per heavy atom. The fourth-order valence-electron chi connectivity index (χ4n) is 3.17. The van der Waals surface area contributed by atoms with Crippen molar-refractivity contribution in [3.8, 4) is 11.3 Å². The highest BCUT2D eigenvalue weighted by Gasteiger charge is 2.26. The Labute approximate surface area is 156 Å². The smallest absolute Gasteiger partial charge is 0.226 e. The van der Waals surface area contributed by atoms with Gasteiger partial charge in [-0.2, -0.15) is 0 Å². The number of hydrogen-bond acceptors (Lipinski definition) is 7. The van der Waals surface area contributed by atoms with E-state index >= 15 is 0 Å². The van der Waals surface area contributed by atoms with Gasteiger partial charge in [0.1, 0.15) is 11.4 Å². The van der Waals surface area contributed by atoms with Gasteiger partial charge in [-0.1, -0.05) is 40.6 Å². The number of amides is 1. The van der Waals surface area contributed by atoms with E-state index in [0.29, 0.717) is 23.9 Å². The SMILES string of the molecule is Cc1nonc1CC(=O)NC1CCN(c2nccc(-c3ccccc3)n2)C1. The van der Waals surface area contributed by atoms with Gasteiger partial charge in [0, 0.05) is 30.9 Å². The van der Waals surface area contributed by atoms with Gasteiger partial charge in [-0.05, 0) is 19.4 Å². The molecule has 0 spiro atoms. The Hall–Kier alpha value is -3.29. The number of aromatic nitrogens is 4. The van der Waals surface area contributed by atoms with Crippen LogP contribution in [0.5, 0.6) is 0 Å². The lowest BCUT2D eigenvalue weighted by Gasteiger charge is -2.17. The maximum absolute atomic E-state index is 12.2. The zero-order valence-electron chi connectivity index (χ0n) is 15.0. The number of anilines is 1. The molecule has 1 fully saturated rings. The number of carbonyl (C=O) groups excluding carboxylic acids is 1. The largest absolute Gasteiger partial charge is 0.351 e. The lowest BCUT2D eigenvalue weighted by Crippen LogP contribution is -2.38. The van der Waals surface area contributed by atoms with Gasteiger partial charge in [0.2, 0.25) is 11.9 Å². The van der Waals surface area contributed by atoms with Crippen LogP contribution in [-0.2, 0) is 11.2 Å². The second-order valence-corrected chi connectivity index (χ2v) is 6.58.